The van der Waals surface area contributed by atoms with Crippen LogP contribution in [0.4, 0.5) is 0 Å². The third-order valence-electron chi connectivity index (χ3n) is 6.45. The van der Waals surface area contributed by atoms with Crippen LogP contribution in [0.15, 0.2) is 60.7 Å². The molecule has 1 aliphatic heterocycles. The average Bonchev–Trinajstić information content (AvgIpc) is 3.23. The molecule has 0 atom stereocenters. The molecule has 4 aromatic rings. The number of benzene rings is 3. The van der Waals surface area contributed by atoms with Gasteiger partial charge in [0, 0.05) is 43.9 Å². The van der Waals surface area contributed by atoms with E-state index in [1.165, 1.54) is 0 Å². The third kappa shape index (κ3) is 5.07. The van der Waals surface area contributed by atoms with Crippen molar-refractivity contribution in [1.82, 2.24) is 20.0 Å². The van der Waals surface area contributed by atoms with Gasteiger partial charge in [-0.05, 0) is 34.0 Å². The monoisotopic (exact) mass is 508 g/mol. The molecule has 0 unspecified atom stereocenters. The maximum absolute atomic E-state index is 13.3. The summed E-state index contributed by atoms with van der Waals surface area (Å²) in [5.41, 5.74) is 4.47. The van der Waals surface area contributed by atoms with Gasteiger partial charge in [0.15, 0.2) is 5.69 Å². The number of hydrogen-bond acceptors (Lipinski definition) is 4. The predicted molar refractivity (Wildman–Crippen MR) is 139 cm³/mol. The van der Waals surface area contributed by atoms with Gasteiger partial charge in [0.1, 0.15) is 0 Å². The number of aromatic nitrogens is 2. The summed E-state index contributed by atoms with van der Waals surface area (Å²) in [6.45, 7) is 2.86. The van der Waals surface area contributed by atoms with Gasteiger partial charge in [-0.1, -0.05) is 71.7 Å². The van der Waals surface area contributed by atoms with Crippen LogP contribution in [-0.2, 0) is 32.6 Å². The number of aliphatic hydroxyl groups is 1. The van der Waals surface area contributed by atoms with Crippen molar-refractivity contribution in [1.29, 1.82) is 0 Å². The molecule has 35 heavy (non-hydrogen) atoms. The molecule has 1 amide bonds. The number of nitrogens with one attached hydrogen (secondary N) is 1. The van der Waals surface area contributed by atoms with Gasteiger partial charge in [-0.2, -0.15) is 5.10 Å². The molecule has 1 aromatic heterocycles. The van der Waals surface area contributed by atoms with E-state index in [2.05, 4.69) is 33.5 Å². The number of aliphatic hydroxyl groups excluding tert-OH is 1. The van der Waals surface area contributed by atoms with E-state index >= 15 is 0 Å². The summed E-state index contributed by atoms with van der Waals surface area (Å²) >= 11 is 12.3. The van der Waals surface area contributed by atoms with Gasteiger partial charge in [0.25, 0.3) is 5.91 Å². The number of fused-ring (bicyclic) bond motifs is 2. The first-order chi connectivity index (χ1) is 17.0. The molecule has 6 nitrogen and oxygen atoms in total. The smallest absolute Gasteiger partial charge is 0.272 e. The Morgan fingerprint density at radius 2 is 1.89 bits per heavy atom. The molecule has 0 aliphatic carbocycles. The van der Waals surface area contributed by atoms with Crippen molar-refractivity contribution in [2.45, 2.75) is 32.6 Å². The third-order valence-corrected chi connectivity index (χ3v) is 7.19. The molecule has 2 N–H and O–H groups in total. The molecule has 5 rings (SSSR count). The van der Waals surface area contributed by atoms with E-state index in [0.29, 0.717) is 41.9 Å². The minimum atomic E-state index is -0.206. The summed E-state index contributed by atoms with van der Waals surface area (Å²) in [4.78, 5) is 15.6. The van der Waals surface area contributed by atoms with Crippen LogP contribution in [0.5, 0.6) is 0 Å². The van der Waals surface area contributed by atoms with Gasteiger partial charge in [0.05, 0.1) is 23.2 Å². The highest BCUT2D eigenvalue weighted by molar-refractivity contribution is 6.42. The highest BCUT2D eigenvalue weighted by atomic mass is 35.5. The summed E-state index contributed by atoms with van der Waals surface area (Å²) in [7, 11) is 0. The van der Waals surface area contributed by atoms with E-state index < -0.39 is 0 Å². The first kappa shape index (κ1) is 23.8. The molecule has 180 valence electrons. The Kier molecular flexibility index (Phi) is 7.07. The van der Waals surface area contributed by atoms with Gasteiger partial charge in [-0.3, -0.25) is 14.4 Å². The Hall–Kier alpha value is -2.90. The van der Waals surface area contributed by atoms with Crippen LogP contribution in [0, 0.1) is 0 Å². The normalized spacial score (nSPS) is 13.7. The molecule has 0 saturated carbocycles. The van der Waals surface area contributed by atoms with Crippen molar-refractivity contribution in [3.05, 3.63) is 98.8 Å². The predicted octanol–water partition coefficient (Wildman–Crippen LogP) is 4.82. The zero-order valence-electron chi connectivity index (χ0n) is 19.2. The molecular formula is C27H26Cl2N4O2. The van der Waals surface area contributed by atoms with Gasteiger partial charge < -0.3 is 10.4 Å². The lowest BCUT2D eigenvalue weighted by Gasteiger charge is -2.27. The van der Waals surface area contributed by atoms with Crippen LogP contribution in [0.1, 0.15) is 32.9 Å². The highest BCUT2D eigenvalue weighted by Gasteiger charge is 2.28. The van der Waals surface area contributed by atoms with E-state index in [0.717, 1.165) is 46.1 Å². The fraction of sp³-hybridized carbons (Fsp3) is 0.259. The molecular weight excluding hydrogens is 483 g/mol. The van der Waals surface area contributed by atoms with Crippen molar-refractivity contribution >= 4 is 39.9 Å². The molecule has 0 spiro atoms. The van der Waals surface area contributed by atoms with Crippen LogP contribution < -0.4 is 5.32 Å². The summed E-state index contributed by atoms with van der Waals surface area (Å²) < 4.78 is 1.78. The van der Waals surface area contributed by atoms with Crippen LogP contribution in [0.2, 0.25) is 10.0 Å². The van der Waals surface area contributed by atoms with Crippen LogP contribution in [0.25, 0.3) is 10.8 Å². The van der Waals surface area contributed by atoms with Crippen LogP contribution >= 0.6 is 23.2 Å². The van der Waals surface area contributed by atoms with Gasteiger partial charge in [0.2, 0.25) is 0 Å². The zero-order chi connectivity index (χ0) is 24.4. The van der Waals surface area contributed by atoms with Gasteiger partial charge in [-0.25, -0.2) is 0 Å². The zero-order valence-corrected chi connectivity index (χ0v) is 20.7. The molecule has 2 heterocycles. The molecule has 0 radical (unpaired) electrons. The quantitative estimate of drug-likeness (QED) is 0.375. The first-order valence-electron chi connectivity index (χ1n) is 11.6. The highest BCUT2D eigenvalue weighted by Crippen LogP contribution is 2.27. The number of nitrogens with zero attached hydrogens (tertiary/aromatic N) is 3. The number of carbonyl (C=O) groups is 1. The second-order valence-corrected chi connectivity index (χ2v) is 9.57. The van der Waals surface area contributed by atoms with Crippen molar-refractivity contribution in [2.24, 2.45) is 0 Å². The number of carbonyl (C=O) groups excluding carboxylic acids is 1. The Balaban J connectivity index is 1.36. The van der Waals surface area contributed by atoms with Crippen molar-refractivity contribution in [3.8, 4) is 0 Å². The lowest BCUT2D eigenvalue weighted by Crippen LogP contribution is -2.32. The lowest BCUT2D eigenvalue weighted by atomic mass is 10.0. The second-order valence-electron chi connectivity index (χ2n) is 8.75. The molecule has 0 bridgehead atoms. The summed E-state index contributed by atoms with van der Waals surface area (Å²) in [5, 5.41) is 20.5. The van der Waals surface area contributed by atoms with Crippen molar-refractivity contribution in [3.63, 3.8) is 0 Å². The van der Waals surface area contributed by atoms with Crippen molar-refractivity contribution in [2.75, 3.05) is 13.2 Å². The first-order valence-corrected chi connectivity index (χ1v) is 12.4. The van der Waals surface area contributed by atoms with Gasteiger partial charge in [-0.15, -0.1) is 0 Å². The molecule has 8 heteroatoms. The lowest BCUT2D eigenvalue weighted by molar-refractivity contribution is 0.0942. The van der Waals surface area contributed by atoms with Gasteiger partial charge >= 0.3 is 0 Å². The molecule has 0 saturated heterocycles. The summed E-state index contributed by atoms with van der Waals surface area (Å²) in [5.74, 6) is -0.206. The Bertz CT molecular complexity index is 1380. The summed E-state index contributed by atoms with van der Waals surface area (Å²) in [6.07, 6.45) is 0.750. The van der Waals surface area contributed by atoms with E-state index in [9.17, 15) is 9.90 Å². The fourth-order valence-corrected chi connectivity index (χ4v) is 5.07. The Morgan fingerprint density at radius 1 is 1.06 bits per heavy atom. The largest absolute Gasteiger partial charge is 0.394 e. The van der Waals surface area contributed by atoms with E-state index in [1.807, 2.05) is 36.4 Å². The molecule has 3 aromatic carbocycles. The fourth-order valence-electron chi connectivity index (χ4n) is 4.75. The number of hydrogen-bond donors (Lipinski definition) is 2. The standard InChI is InChI=1S/C27H26Cl2N4O2/c28-23-9-8-18(14-24(23)29)16-32-11-10-25-22(17-32)26(31-33(25)12-13-34)27(35)30-15-20-6-3-5-19-4-1-2-7-21(19)20/h1-9,14,34H,10-13,15-17H2,(H,30,35). The Labute approximate surface area is 214 Å². The minimum absolute atomic E-state index is 0.0296. The Morgan fingerprint density at radius 3 is 2.71 bits per heavy atom. The summed E-state index contributed by atoms with van der Waals surface area (Å²) in [6, 6.07) is 19.9. The van der Waals surface area contributed by atoms with E-state index in [-0.39, 0.29) is 12.5 Å². The average molecular weight is 509 g/mol. The van der Waals surface area contributed by atoms with E-state index in [1.54, 1.807) is 10.7 Å². The van der Waals surface area contributed by atoms with E-state index in [4.69, 9.17) is 23.2 Å². The topological polar surface area (TPSA) is 70.4 Å². The SMILES string of the molecule is O=C(NCc1cccc2ccccc12)c1nn(CCO)c2c1CN(Cc1ccc(Cl)c(Cl)c1)CC2. The maximum atomic E-state index is 13.3. The van der Waals surface area contributed by atoms with Crippen LogP contribution in [0.3, 0.4) is 0 Å². The molecule has 0 fully saturated rings. The second kappa shape index (κ2) is 10.4. The number of halogens is 2. The number of rotatable bonds is 7. The molecule has 1 aliphatic rings. The number of amides is 1. The van der Waals surface area contributed by atoms with Crippen LogP contribution in [-0.4, -0.2) is 38.8 Å². The minimum Gasteiger partial charge on any atom is -0.394 e. The van der Waals surface area contributed by atoms with Crippen molar-refractivity contribution < 1.29 is 9.90 Å². The maximum Gasteiger partial charge on any atom is 0.272 e.